The summed E-state index contributed by atoms with van der Waals surface area (Å²) in [6.07, 6.45) is 1.58. The van der Waals surface area contributed by atoms with Gasteiger partial charge >= 0.3 is 5.97 Å². The highest BCUT2D eigenvalue weighted by Crippen LogP contribution is 2.29. The molecule has 6 heteroatoms. The molecule has 0 unspecified atom stereocenters. The minimum absolute atomic E-state index is 0.0780. The molecule has 0 N–H and O–H groups in total. The second-order valence-electron chi connectivity index (χ2n) is 5.19. The van der Waals surface area contributed by atoms with Gasteiger partial charge in [-0.3, -0.25) is 0 Å². The summed E-state index contributed by atoms with van der Waals surface area (Å²) in [7, 11) is 1.56. The molecule has 0 bridgehead atoms. The first-order chi connectivity index (χ1) is 12.1. The van der Waals surface area contributed by atoms with Crippen LogP contribution in [0, 0.1) is 5.82 Å². The Morgan fingerprint density at radius 1 is 1.20 bits per heavy atom. The van der Waals surface area contributed by atoms with Crippen LogP contribution < -0.4 is 9.47 Å². The summed E-state index contributed by atoms with van der Waals surface area (Å²) in [4.78, 5) is 16.2. The van der Waals surface area contributed by atoms with Crippen LogP contribution in [0.5, 0.6) is 11.5 Å². The fourth-order valence-electron chi connectivity index (χ4n) is 2.36. The molecule has 1 aliphatic heterocycles. The number of esters is 1. The highest BCUT2D eigenvalue weighted by atomic mass is 19.1. The molecular weight excluding hydrogens is 325 g/mol. The van der Waals surface area contributed by atoms with Crippen LogP contribution in [0.25, 0.3) is 6.08 Å². The number of ether oxygens (including phenoxy) is 3. The fourth-order valence-corrected chi connectivity index (χ4v) is 2.36. The van der Waals surface area contributed by atoms with Crippen molar-refractivity contribution in [3.05, 3.63) is 65.1 Å². The monoisotopic (exact) mass is 341 g/mol. The first-order valence-electron chi connectivity index (χ1n) is 7.70. The smallest absolute Gasteiger partial charge is 0.363 e. The fraction of sp³-hybridized carbons (Fsp3) is 0.158. The second-order valence-corrected chi connectivity index (χ2v) is 5.19. The Kier molecular flexibility index (Phi) is 4.79. The van der Waals surface area contributed by atoms with Gasteiger partial charge in [0, 0.05) is 5.56 Å². The Hall–Kier alpha value is -3.15. The topological polar surface area (TPSA) is 57.1 Å². The maximum absolute atomic E-state index is 13.3. The highest BCUT2D eigenvalue weighted by molar-refractivity contribution is 6.12. The van der Waals surface area contributed by atoms with Crippen molar-refractivity contribution in [1.82, 2.24) is 0 Å². The highest BCUT2D eigenvalue weighted by Gasteiger charge is 2.24. The molecule has 2 aromatic carbocycles. The number of benzene rings is 2. The standard InChI is InChI=1S/C19H16FNO4/c1-3-24-17-10-12(7-8-16(17)23-2)9-15-19(22)25-18(21-15)13-5-4-6-14(20)11-13/h4-11H,3H2,1-2H3. The summed E-state index contributed by atoms with van der Waals surface area (Å²) in [5, 5.41) is 0. The lowest BCUT2D eigenvalue weighted by Gasteiger charge is -2.09. The minimum atomic E-state index is -0.590. The van der Waals surface area contributed by atoms with E-state index in [1.54, 1.807) is 37.5 Å². The number of hydrogen-bond donors (Lipinski definition) is 0. The van der Waals surface area contributed by atoms with Crippen LogP contribution in [0.4, 0.5) is 4.39 Å². The van der Waals surface area contributed by atoms with Gasteiger partial charge in [-0.15, -0.1) is 0 Å². The zero-order valence-corrected chi connectivity index (χ0v) is 13.8. The molecule has 0 saturated heterocycles. The van der Waals surface area contributed by atoms with E-state index in [0.717, 1.165) is 0 Å². The molecule has 0 radical (unpaired) electrons. The first-order valence-corrected chi connectivity index (χ1v) is 7.70. The molecule has 1 aliphatic rings. The van der Waals surface area contributed by atoms with E-state index in [-0.39, 0.29) is 11.6 Å². The third-order valence-corrected chi connectivity index (χ3v) is 3.48. The lowest BCUT2D eigenvalue weighted by Crippen LogP contribution is -2.05. The van der Waals surface area contributed by atoms with E-state index in [0.29, 0.717) is 29.2 Å². The molecule has 1 heterocycles. The van der Waals surface area contributed by atoms with Crippen molar-refractivity contribution < 1.29 is 23.4 Å². The summed E-state index contributed by atoms with van der Waals surface area (Å²) in [5.41, 5.74) is 1.24. The van der Waals surface area contributed by atoms with Gasteiger partial charge in [0.1, 0.15) is 5.82 Å². The average Bonchev–Trinajstić information content (AvgIpc) is 2.96. The number of carbonyl (C=O) groups is 1. The zero-order chi connectivity index (χ0) is 17.8. The summed E-state index contributed by atoms with van der Waals surface area (Å²) in [5.74, 6) is 0.231. The Balaban J connectivity index is 1.93. The minimum Gasteiger partial charge on any atom is -0.493 e. The summed E-state index contributed by atoms with van der Waals surface area (Å²) < 4.78 is 29.2. The molecule has 0 atom stereocenters. The van der Waals surface area contributed by atoms with Gasteiger partial charge in [0.25, 0.3) is 0 Å². The number of cyclic esters (lactones) is 1. The maximum atomic E-state index is 13.3. The van der Waals surface area contributed by atoms with Crippen LogP contribution in [0.15, 0.2) is 53.2 Å². The molecule has 0 aromatic heterocycles. The SMILES string of the molecule is CCOc1cc(C=C2N=C(c3cccc(F)c3)OC2=O)ccc1OC. The predicted molar refractivity (Wildman–Crippen MR) is 91.2 cm³/mol. The van der Waals surface area contributed by atoms with Gasteiger partial charge in [-0.1, -0.05) is 12.1 Å². The Bertz CT molecular complexity index is 873. The van der Waals surface area contributed by atoms with Gasteiger partial charge in [0.05, 0.1) is 13.7 Å². The third-order valence-electron chi connectivity index (χ3n) is 3.48. The van der Waals surface area contributed by atoms with Crippen LogP contribution in [-0.4, -0.2) is 25.6 Å². The van der Waals surface area contributed by atoms with Gasteiger partial charge in [-0.25, -0.2) is 14.2 Å². The normalized spacial score (nSPS) is 15.1. The third kappa shape index (κ3) is 3.68. The lowest BCUT2D eigenvalue weighted by atomic mass is 10.1. The van der Waals surface area contributed by atoms with Gasteiger partial charge < -0.3 is 14.2 Å². The van der Waals surface area contributed by atoms with Gasteiger partial charge in [0.2, 0.25) is 5.90 Å². The van der Waals surface area contributed by atoms with E-state index >= 15 is 0 Å². The molecule has 3 rings (SSSR count). The number of methoxy groups -OCH3 is 1. The lowest BCUT2D eigenvalue weighted by molar-refractivity contribution is -0.129. The van der Waals surface area contributed by atoms with Gasteiger partial charge in [-0.2, -0.15) is 0 Å². The molecule has 25 heavy (non-hydrogen) atoms. The molecule has 2 aromatic rings. The first kappa shape index (κ1) is 16.7. The molecule has 0 spiro atoms. The molecule has 0 aliphatic carbocycles. The second kappa shape index (κ2) is 7.17. The number of nitrogens with zero attached hydrogens (tertiary/aromatic N) is 1. The van der Waals surface area contributed by atoms with Crippen molar-refractivity contribution in [2.24, 2.45) is 4.99 Å². The van der Waals surface area contributed by atoms with Crippen molar-refractivity contribution in [3.8, 4) is 11.5 Å². The maximum Gasteiger partial charge on any atom is 0.363 e. The van der Waals surface area contributed by atoms with Crippen molar-refractivity contribution in [3.63, 3.8) is 0 Å². The zero-order valence-electron chi connectivity index (χ0n) is 13.8. The Morgan fingerprint density at radius 3 is 2.76 bits per heavy atom. The van der Waals surface area contributed by atoms with E-state index in [2.05, 4.69) is 4.99 Å². The average molecular weight is 341 g/mol. The van der Waals surface area contributed by atoms with E-state index in [9.17, 15) is 9.18 Å². The molecule has 0 fully saturated rings. The predicted octanol–water partition coefficient (Wildman–Crippen LogP) is 3.58. The van der Waals surface area contributed by atoms with Crippen LogP contribution >= 0.6 is 0 Å². The Labute approximate surface area is 144 Å². The number of aliphatic imine (C=N–C) groups is 1. The van der Waals surface area contributed by atoms with Crippen molar-refractivity contribution in [2.75, 3.05) is 13.7 Å². The van der Waals surface area contributed by atoms with Crippen molar-refractivity contribution in [1.29, 1.82) is 0 Å². The number of carbonyl (C=O) groups excluding carboxylic acids is 1. The van der Waals surface area contributed by atoms with E-state index in [1.165, 1.54) is 18.2 Å². The van der Waals surface area contributed by atoms with E-state index in [1.807, 2.05) is 6.92 Å². The van der Waals surface area contributed by atoms with E-state index in [4.69, 9.17) is 14.2 Å². The molecule has 128 valence electrons. The van der Waals surface area contributed by atoms with Gasteiger partial charge in [-0.05, 0) is 48.9 Å². The molecule has 0 amide bonds. The van der Waals surface area contributed by atoms with Crippen LogP contribution in [0.1, 0.15) is 18.1 Å². The van der Waals surface area contributed by atoms with Crippen molar-refractivity contribution >= 4 is 17.9 Å². The van der Waals surface area contributed by atoms with Gasteiger partial charge in [0.15, 0.2) is 17.2 Å². The number of rotatable bonds is 5. The van der Waals surface area contributed by atoms with Crippen LogP contribution in [-0.2, 0) is 9.53 Å². The van der Waals surface area contributed by atoms with Crippen molar-refractivity contribution in [2.45, 2.75) is 6.92 Å². The largest absolute Gasteiger partial charge is 0.493 e. The van der Waals surface area contributed by atoms with Crippen LogP contribution in [0.3, 0.4) is 0 Å². The summed E-state index contributed by atoms with van der Waals surface area (Å²) in [6, 6.07) is 11.0. The molecular formula is C19H16FNO4. The molecule has 0 saturated carbocycles. The summed E-state index contributed by atoms with van der Waals surface area (Å²) in [6.45, 7) is 2.36. The Morgan fingerprint density at radius 2 is 2.04 bits per heavy atom. The summed E-state index contributed by atoms with van der Waals surface area (Å²) >= 11 is 0. The quantitative estimate of drug-likeness (QED) is 0.616. The number of halogens is 1. The van der Waals surface area contributed by atoms with E-state index < -0.39 is 11.8 Å². The molecule has 5 nitrogen and oxygen atoms in total. The van der Waals surface area contributed by atoms with Crippen LogP contribution in [0.2, 0.25) is 0 Å². The number of hydrogen-bond acceptors (Lipinski definition) is 5.